The van der Waals surface area contributed by atoms with Crippen molar-refractivity contribution in [3.8, 4) is 0 Å². The Kier molecular flexibility index (Phi) is 3.88. The van der Waals surface area contributed by atoms with Gasteiger partial charge in [-0.15, -0.1) is 11.3 Å². The number of aliphatic hydroxyl groups is 1. The summed E-state index contributed by atoms with van der Waals surface area (Å²) < 4.78 is 3.16. The van der Waals surface area contributed by atoms with E-state index in [9.17, 15) is 5.11 Å². The van der Waals surface area contributed by atoms with Gasteiger partial charge in [0.2, 0.25) is 0 Å². The molecular formula is C14H10BrNOS2. The number of hydrogen-bond donors (Lipinski definition) is 1. The van der Waals surface area contributed by atoms with E-state index in [4.69, 9.17) is 0 Å². The Bertz CT molecular complexity index is 693. The third-order valence-corrected chi connectivity index (χ3v) is 5.37. The molecule has 0 fully saturated rings. The van der Waals surface area contributed by atoms with Crippen LogP contribution in [0.2, 0.25) is 0 Å². The number of halogens is 1. The van der Waals surface area contributed by atoms with E-state index in [0.29, 0.717) is 0 Å². The fraction of sp³-hybridized carbons (Fsp3) is 0.0714. The molecule has 0 radical (unpaired) electrons. The molecule has 0 aliphatic heterocycles. The Hall–Kier alpha value is -0.880. The molecule has 1 N–H and O–H groups in total. The third-order valence-electron chi connectivity index (χ3n) is 2.66. The zero-order chi connectivity index (χ0) is 13.2. The Balaban J connectivity index is 1.96. The number of nitrogens with zero attached hydrogens (tertiary/aromatic N) is 1. The second-order valence-electron chi connectivity index (χ2n) is 3.96. The zero-order valence-corrected chi connectivity index (χ0v) is 13.1. The summed E-state index contributed by atoms with van der Waals surface area (Å²) in [6, 6.07) is 14.0. The first-order chi connectivity index (χ1) is 9.26. The minimum absolute atomic E-state index is 0.0344. The number of rotatable bonds is 3. The van der Waals surface area contributed by atoms with E-state index >= 15 is 0 Å². The lowest BCUT2D eigenvalue weighted by atomic mass is 10.2. The fourth-order valence-electron chi connectivity index (χ4n) is 1.76. The molecule has 19 heavy (non-hydrogen) atoms. The van der Waals surface area contributed by atoms with E-state index in [1.807, 2.05) is 36.4 Å². The van der Waals surface area contributed by atoms with E-state index in [1.54, 1.807) is 23.1 Å². The van der Waals surface area contributed by atoms with Crippen molar-refractivity contribution in [3.05, 3.63) is 52.5 Å². The second kappa shape index (κ2) is 5.63. The SMILES string of the molecule is OCc1cc(Br)ccc1Sc1nc2ccccc2s1. The van der Waals surface area contributed by atoms with Crippen LogP contribution in [0.25, 0.3) is 10.2 Å². The van der Waals surface area contributed by atoms with E-state index in [0.717, 1.165) is 24.8 Å². The maximum absolute atomic E-state index is 9.41. The van der Waals surface area contributed by atoms with Crippen LogP contribution in [0.4, 0.5) is 0 Å². The van der Waals surface area contributed by atoms with Crippen LogP contribution in [0.5, 0.6) is 0 Å². The monoisotopic (exact) mass is 351 g/mol. The molecule has 5 heteroatoms. The lowest BCUT2D eigenvalue weighted by Crippen LogP contribution is -1.87. The highest BCUT2D eigenvalue weighted by molar-refractivity contribution is 9.10. The summed E-state index contributed by atoms with van der Waals surface area (Å²) in [4.78, 5) is 5.64. The van der Waals surface area contributed by atoms with Crippen molar-refractivity contribution in [3.63, 3.8) is 0 Å². The van der Waals surface area contributed by atoms with E-state index in [-0.39, 0.29) is 6.61 Å². The van der Waals surface area contributed by atoms with Gasteiger partial charge in [0, 0.05) is 9.37 Å². The minimum Gasteiger partial charge on any atom is -0.392 e. The molecule has 1 heterocycles. The van der Waals surface area contributed by atoms with Gasteiger partial charge in [-0.3, -0.25) is 0 Å². The first kappa shape index (κ1) is 13.1. The Morgan fingerprint density at radius 2 is 2.05 bits per heavy atom. The summed E-state index contributed by atoms with van der Waals surface area (Å²) in [6.45, 7) is 0.0344. The molecule has 0 aliphatic carbocycles. The van der Waals surface area contributed by atoms with Crippen LogP contribution >= 0.6 is 39.0 Å². The Morgan fingerprint density at radius 1 is 1.21 bits per heavy atom. The van der Waals surface area contributed by atoms with Gasteiger partial charge < -0.3 is 5.11 Å². The van der Waals surface area contributed by atoms with Gasteiger partial charge in [0.05, 0.1) is 16.8 Å². The quantitative estimate of drug-likeness (QED) is 0.742. The number of hydrogen-bond acceptors (Lipinski definition) is 4. The van der Waals surface area contributed by atoms with Crippen LogP contribution in [0, 0.1) is 0 Å². The molecule has 0 saturated carbocycles. The first-order valence-corrected chi connectivity index (χ1v) is 8.11. The van der Waals surface area contributed by atoms with Crippen molar-refractivity contribution in [2.75, 3.05) is 0 Å². The molecule has 2 aromatic carbocycles. The highest BCUT2D eigenvalue weighted by Gasteiger charge is 2.08. The summed E-state index contributed by atoms with van der Waals surface area (Å²) >= 11 is 6.69. The molecule has 0 unspecified atom stereocenters. The number of fused-ring (bicyclic) bond motifs is 1. The van der Waals surface area contributed by atoms with Crippen LogP contribution in [-0.4, -0.2) is 10.1 Å². The first-order valence-electron chi connectivity index (χ1n) is 5.69. The van der Waals surface area contributed by atoms with E-state index in [1.165, 1.54) is 4.70 Å². The average Bonchev–Trinajstić information content (AvgIpc) is 2.83. The van der Waals surface area contributed by atoms with Crippen molar-refractivity contribution in [2.24, 2.45) is 0 Å². The molecular weight excluding hydrogens is 342 g/mol. The summed E-state index contributed by atoms with van der Waals surface area (Å²) in [5.41, 5.74) is 1.94. The van der Waals surface area contributed by atoms with Crippen LogP contribution in [0.15, 0.2) is 56.2 Å². The largest absolute Gasteiger partial charge is 0.392 e. The number of benzene rings is 2. The number of para-hydroxylation sites is 1. The van der Waals surface area contributed by atoms with E-state index in [2.05, 4.69) is 27.0 Å². The molecule has 0 amide bonds. The Labute approximate surface area is 127 Å². The van der Waals surface area contributed by atoms with Gasteiger partial charge in [-0.1, -0.05) is 39.8 Å². The van der Waals surface area contributed by atoms with Crippen molar-refractivity contribution in [1.29, 1.82) is 0 Å². The van der Waals surface area contributed by atoms with Crippen molar-refractivity contribution in [1.82, 2.24) is 4.98 Å². The van der Waals surface area contributed by atoms with Gasteiger partial charge in [0.25, 0.3) is 0 Å². The van der Waals surface area contributed by atoms with Gasteiger partial charge in [-0.2, -0.15) is 0 Å². The molecule has 2 nitrogen and oxygen atoms in total. The normalized spacial score (nSPS) is 11.1. The topological polar surface area (TPSA) is 33.1 Å². The second-order valence-corrected chi connectivity index (χ2v) is 7.20. The van der Waals surface area contributed by atoms with Gasteiger partial charge >= 0.3 is 0 Å². The highest BCUT2D eigenvalue weighted by Crippen LogP contribution is 2.36. The minimum atomic E-state index is 0.0344. The van der Waals surface area contributed by atoms with Crippen LogP contribution in [0.3, 0.4) is 0 Å². The highest BCUT2D eigenvalue weighted by atomic mass is 79.9. The van der Waals surface area contributed by atoms with Crippen molar-refractivity contribution < 1.29 is 5.11 Å². The summed E-state index contributed by atoms with van der Waals surface area (Å²) in [6.07, 6.45) is 0. The Morgan fingerprint density at radius 3 is 2.84 bits per heavy atom. The van der Waals surface area contributed by atoms with Crippen LogP contribution < -0.4 is 0 Å². The van der Waals surface area contributed by atoms with Crippen molar-refractivity contribution in [2.45, 2.75) is 15.8 Å². The molecule has 3 aromatic rings. The predicted molar refractivity (Wildman–Crippen MR) is 83.8 cm³/mol. The number of thiazole rings is 1. The van der Waals surface area contributed by atoms with Gasteiger partial charge in [-0.25, -0.2) is 4.98 Å². The van der Waals surface area contributed by atoms with Crippen LogP contribution in [-0.2, 0) is 6.61 Å². The summed E-state index contributed by atoms with van der Waals surface area (Å²) in [7, 11) is 0. The summed E-state index contributed by atoms with van der Waals surface area (Å²) in [5, 5.41) is 9.41. The number of aromatic nitrogens is 1. The maximum Gasteiger partial charge on any atom is 0.155 e. The molecule has 0 bridgehead atoms. The molecule has 0 spiro atoms. The van der Waals surface area contributed by atoms with Crippen LogP contribution in [0.1, 0.15) is 5.56 Å². The number of aliphatic hydroxyl groups excluding tert-OH is 1. The lowest BCUT2D eigenvalue weighted by Gasteiger charge is -2.05. The lowest BCUT2D eigenvalue weighted by molar-refractivity contribution is 0.279. The zero-order valence-electron chi connectivity index (χ0n) is 9.84. The molecule has 0 saturated heterocycles. The molecule has 0 atom stereocenters. The molecule has 1 aromatic heterocycles. The average molecular weight is 352 g/mol. The smallest absolute Gasteiger partial charge is 0.155 e. The van der Waals surface area contributed by atoms with Gasteiger partial charge in [-0.05, 0) is 35.9 Å². The van der Waals surface area contributed by atoms with Gasteiger partial charge in [0.1, 0.15) is 0 Å². The molecule has 0 aliphatic rings. The predicted octanol–water partition coefficient (Wildman–Crippen LogP) is 4.70. The van der Waals surface area contributed by atoms with E-state index < -0.39 is 0 Å². The molecule has 96 valence electrons. The summed E-state index contributed by atoms with van der Waals surface area (Å²) in [5.74, 6) is 0. The van der Waals surface area contributed by atoms with Crippen molar-refractivity contribution >= 4 is 49.2 Å². The van der Waals surface area contributed by atoms with Gasteiger partial charge in [0.15, 0.2) is 4.34 Å². The third kappa shape index (κ3) is 2.84. The fourth-order valence-corrected chi connectivity index (χ4v) is 4.29. The molecule has 3 rings (SSSR count). The maximum atomic E-state index is 9.41. The standard InChI is InChI=1S/C14H10BrNOS2/c15-10-5-6-12(9(7-10)8-17)18-14-16-11-3-1-2-4-13(11)19-14/h1-7,17H,8H2.